The maximum atomic E-state index is 13.9. The van der Waals surface area contributed by atoms with E-state index in [0.29, 0.717) is 23.7 Å². The van der Waals surface area contributed by atoms with Gasteiger partial charge in [-0.15, -0.1) is 0 Å². The molecule has 0 aliphatic rings. The average Bonchev–Trinajstić information content (AvgIpc) is 2.70. The second kappa shape index (κ2) is 10.1. The van der Waals surface area contributed by atoms with E-state index < -0.39 is 16.9 Å². The normalized spacial score (nSPS) is 13.2. The second-order valence-electron chi connectivity index (χ2n) is 9.45. The molecule has 0 N–H and O–H groups in total. The zero-order valence-electron chi connectivity index (χ0n) is 20.5. The molecule has 0 spiro atoms. The van der Waals surface area contributed by atoms with Gasteiger partial charge in [0, 0.05) is 23.4 Å². The van der Waals surface area contributed by atoms with Crippen LogP contribution in [-0.4, -0.2) is 13.9 Å². The molecule has 0 aromatic heterocycles. The number of hydrogen-bond donors (Lipinski definition) is 0. The lowest BCUT2D eigenvalue weighted by molar-refractivity contribution is -0.136. The number of aryl methyl sites for hydroxylation is 2. The molecule has 2 rings (SSSR count). The van der Waals surface area contributed by atoms with Crippen LogP contribution in [0.3, 0.4) is 0 Å². The van der Waals surface area contributed by atoms with Crippen molar-refractivity contribution in [2.75, 3.05) is 13.9 Å². The maximum Gasteiger partial charge on any atom is 0.417 e. The molecule has 2 aromatic rings. The fourth-order valence-corrected chi connectivity index (χ4v) is 5.80. The van der Waals surface area contributed by atoms with Gasteiger partial charge in [-0.2, -0.15) is 13.2 Å². The third-order valence-electron chi connectivity index (χ3n) is 5.94. The van der Waals surface area contributed by atoms with Gasteiger partial charge in [0.25, 0.3) is 0 Å². The summed E-state index contributed by atoms with van der Waals surface area (Å²) in [5.74, 6) is 0.738. The van der Waals surface area contributed by atoms with Gasteiger partial charge in [0.2, 0.25) is 0 Å². The molecule has 32 heavy (non-hydrogen) atoms. The summed E-state index contributed by atoms with van der Waals surface area (Å²) >= 11 is 0. The third kappa shape index (κ3) is 5.85. The smallest absolute Gasteiger partial charge is 0.417 e. The minimum atomic E-state index is -4.39. The quantitative estimate of drug-likeness (QED) is 0.293. The molecule has 178 valence electrons. The van der Waals surface area contributed by atoms with Crippen molar-refractivity contribution in [3.8, 4) is 5.75 Å². The molecular weight excluding hydrogens is 432 g/mol. The van der Waals surface area contributed by atoms with E-state index in [1.54, 1.807) is 26.2 Å². The predicted octanol–water partition coefficient (Wildman–Crippen LogP) is 7.62. The van der Waals surface area contributed by atoms with Gasteiger partial charge in [-0.1, -0.05) is 78.6 Å². The molecule has 0 saturated carbocycles. The first kappa shape index (κ1) is 26.7. The lowest BCUT2D eigenvalue weighted by Crippen LogP contribution is -2.27. The highest BCUT2D eigenvalue weighted by molar-refractivity contribution is 7.48. The first-order valence-corrected chi connectivity index (χ1v) is 12.0. The molecule has 1 atom stereocenters. The Labute approximate surface area is 192 Å². The molecule has 0 radical (unpaired) electrons. The highest BCUT2D eigenvalue weighted by Gasteiger charge is 2.39. The van der Waals surface area contributed by atoms with Crippen LogP contribution in [0.4, 0.5) is 13.2 Å². The summed E-state index contributed by atoms with van der Waals surface area (Å²) in [7, 11) is 1.52. The molecular formula is C26H36F3O2P. The van der Waals surface area contributed by atoms with Gasteiger partial charge in [-0.25, -0.2) is 0 Å². The summed E-state index contributed by atoms with van der Waals surface area (Å²) in [5, 5.41) is -0.132. The van der Waals surface area contributed by atoms with E-state index in [1.165, 1.54) is 6.07 Å². The number of halogens is 3. The van der Waals surface area contributed by atoms with E-state index in [0.717, 1.165) is 22.4 Å². The van der Waals surface area contributed by atoms with Crippen LogP contribution in [0.1, 0.15) is 75.3 Å². The molecule has 2 aromatic carbocycles. The van der Waals surface area contributed by atoms with E-state index in [9.17, 15) is 13.2 Å². The number of ether oxygens (including phenoxy) is 2. The number of benzene rings is 2. The van der Waals surface area contributed by atoms with Gasteiger partial charge in [-0.3, -0.25) is 0 Å². The molecule has 2 nitrogen and oxygen atoms in total. The predicted molar refractivity (Wildman–Crippen MR) is 129 cm³/mol. The van der Waals surface area contributed by atoms with Crippen molar-refractivity contribution >= 4 is 13.9 Å². The van der Waals surface area contributed by atoms with Crippen LogP contribution in [0.15, 0.2) is 30.3 Å². The van der Waals surface area contributed by atoms with Crippen LogP contribution in [0.5, 0.6) is 5.75 Å². The molecule has 0 aliphatic heterocycles. The number of methoxy groups -OCH3 is 1. The third-order valence-corrected chi connectivity index (χ3v) is 8.10. The Kier molecular flexibility index (Phi) is 8.45. The van der Waals surface area contributed by atoms with Crippen LogP contribution >= 0.6 is 8.58 Å². The monoisotopic (exact) mass is 468 g/mol. The molecule has 6 heteroatoms. The van der Waals surface area contributed by atoms with Crippen LogP contribution < -0.4 is 10.0 Å². The fourth-order valence-electron chi connectivity index (χ4n) is 4.09. The van der Waals surface area contributed by atoms with Gasteiger partial charge < -0.3 is 9.47 Å². The molecule has 0 aliphatic carbocycles. The van der Waals surface area contributed by atoms with Crippen LogP contribution in [0.2, 0.25) is 0 Å². The Balaban J connectivity index is 2.78. The summed E-state index contributed by atoms with van der Waals surface area (Å²) < 4.78 is 53.1. The molecule has 0 bridgehead atoms. The van der Waals surface area contributed by atoms with Crippen molar-refractivity contribution in [2.24, 2.45) is 0 Å². The number of rotatable bonds is 8. The van der Waals surface area contributed by atoms with Crippen molar-refractivity contribution in [3.05, 3.63) is 58.1 Å². The number of alkyl halides is 3. The fraction of sp³-hybridized carbons (Fsp3) is 0.538. The summed E-state index contributed by atoms with van der Waals surface area (Å²) in [6.45, 7) is 14.3. The van der Waals surface area contributed by atoms with Gasteiger partial charge >= 0.3 is 6.18 Å². The Bertz CT molecular complexity index is 926. The molecule has 0 fully saturated rings. The minimum absolute atomic E-state index is 0.0511. The van der Waals surface area contributed by atoms with Crippen molar-refractivity contribution in [3.63, 3.8) is 0 Å². The van der Waals surface area contributed by atoms with Gasteiger partial charge in [0.15, 0.2) is 6.79 Å². The number of hydrogen-bond acceptors (Lipinski definition) is 2. The van der Waals surface area contributed by atoms with Crippen molar-refractivity contribution in [1.82, 2.24) is 0 Å². The lowest BCUT2D eigenvalue weighted by atomic mass is 9.80. The Morgan fingerprint density at radius 1 is 0.844 bits per heavy atom. The highest BCUT2D eigenvalue weighted by Crippen LogP contribution is 2.53. The molecule has 0 saturated heterocycles. The van der Waals surface area contributed by atoms with E-state index >= 15 is 0 Å². The minimum Gasteiger partial charge on any atom is -0.467 e. The maximum absolute atomic E-state index is 13.9. The Morgan fingerprint density at radius 3 is 1.91 bits per heavy atom. The molecule has 0 amide bonds. The zero-order chi connectivity index (χ0) is 24.3. The average molecular weight is 469 g/mol. The Hall–Kier alpha value is -1.58. The Morgan fingerprint density at radius 2 is 1.41 bits per heavy atom. The lowest BCUT2D eigenvalue weighted by Gasteiger charge is -2.37. The van der Waals surface area contributed by atoms with E-state index in [1.807, 2.05) is 6.92 Å². The first-order chi connectivity index (χ1) is 14.8. The van der Waals surface area contributed by atoms with Crippen LogP contribution in [0.25, 0.3) is 0 Å². The summed E-state index contributed by atoms with van der Waals surface area (Å²) in [5.41, 5.74) is 2.97. The van der Waals surface area contributed by atoms with E-state index in [-0.39, 0.29) is 20.8 Å². The van der Waals surface area contributed by atoms with Crippen molar-refractivity contribution < 1.29 is 22.6 Å². The molecule has 0 heterocycles. The summed E-state index contributed by atoms with van der Waals surface area (Å²) in [6, 6.07) is 8.87. The largest absolute Gasteiger partial charge is 0.467 e. The summed E-state index contributed by atoms with van der Waals surface area (Å²) in [4.78, 5) is 0. The van der Waals surface area contributed by atoms with Crippen molar-refractivity contribution in [2.45, 2.75) is 78.1 Å². The highest BCUT2D eigenvalue weighted by atomic mass is 31.1. The standard InChI is InChI=1S/C26H36F3O2P/c1-9-25(10-2,32-22-12-11-17(3)13-19(22)26(27,28)29)21-15-18(4)14-20(24(5,6)7)23(21)31-16-30-8/h11-15,32H,9-10,16H2,1-8H3. The van der Waals surface area contributed by atoms with Crippen LogP contribution in [-0.2, 0) is 21.5 Å². The van der Waals surface area contributed by atoms with Gasteiger partial charge in [0.05, 0.1) is 5.56 Å². The van der Waals surface area contributed by atoms with Crippen LogP contribution in [0, 0.1) is 13.8 Å². The van der Waals surface area contributed by atoms with Gasteiger partial charge in [0.1, 0.15) is 5.75 Å². The second-order valence-corrected chi connectivity index (χ2v) is 11.2. The van der Waals surface area contributed by atoms with E-state index in [2.05, 4.69) is 46.8 Å². The van der Waals surface area contributed by atoms with E-state index in [4.69, 9.17) is 9.47 Å². The van der Waals surface area contributed by atoms with Gasteiger partial charge in [-0.05, 0) is 43.5 Å². The first-order valence-electron chi connectivity index (χ1n) is 11.0. The van der Waals surface area contributed by atoms with Crippen molar-refractivity contribution in [1.29, 1.82) is 0 Å². The molecule has 1 unspecified atom stereocenters. The zero-order valence-corrected chi connectivity index (χ0v) is 21.5. The summed E-state index contributed by atoms with van der Waals surface area (Å²) in [6.07, 6.45) is -2.99. The topological polar surface area (TPSA) is 18.5 Å². The SMILES string of the molecule is CCC(CC)(Pc1ccc(C)cc1C(F)(F)F)c1cc(C)cc(C(C)(C)C)c1OCOC.